The zero-order chi connectivity index (χ0) is 25.8. The van der Waals surface area contributed by atoms with Crippen LogP contribution in [0.25, 0.3) is 27.5 Å². The molecular formula is C27H26F2N4O3. The van der Waals surface area contributed by atoms with Crippen molar-refractivity contribution in [1.82, 2.24) is 14.8 Å². The van der Waals surface area contributed by atoms with Gasteiger partial charge in [-0.2, -0.15) is 10.4 Å². The van der Waals surface area contributed by atoms with Gasteiger partial charge in [0.1, 0.15) is 11.3 Å². The first-order valence-electron chi connectivity index (χ1n) is 11.8. The summed E-state index contributed by atoms with van der Waals surface area (Å²) in [6, 6.07) is 8.83. The molecular weight excluding hydrogens is 466 g/mol. The maximum atomic E-state index is 16.2. The molecule has 0 spiro atoms. The molecule has 0 bridgehead atoms. The highest BCUT2D eigenvalue weighted by atomic mass is 19.1. The van der Waals surface area contributed by atoms with Crippen LogP contribution in [-0.4, -0.2) is 38.6 Å². The van der Waals surface area contributed by atoms with E-state index in [1.165, 1.54) is 6.07 Å². The SMILES string of the molecule is Cc1cc(-n2c(C(C)(C)CC#N)c([C@@H]3CC[C@@H](C(=O)O)OC3)c3c(F)c4[nH]ncc4cc32)ccc1F. The summed E-state index contributed by atoms with van der Waals surface area (Å²) >= 11 is 0. The first-order chi connectivity index (χ1) is 17.1. The number of ether oxygens (including phenoxy) is 1. The minimum Gasteiger partial charge on any atom is -0.479 e. The summed E-state index contributed by atoms with van der Waals surface area (Å²) in [5.74, 6) is -2.14. The maximum absolute atomic E-state index is 16.2. The molecule has 9 heteroatoms. The number of fused-ring (bicyclic) bond motifs is 2. The Hall–Kier alpha value is -3.77. The number of H-pyrrole nitrogens is 1. The lowest BCUT2D eigenvalue weighted by molar-refractivity contribution is -0.153. The highest BCUT2D eigenvalue weighted by molar-refractivity contribution is 6.00. The quantitative estimate of drug-likeness (QED) is 0.376. The van der Waals surface area contributed by atoms with Crippen LogP contribution in [0.4, 0.5) is 8.78 Å². The summed E-state index contributed by atoms with van der Waals surface area (Å²) in [4.78, 5) is 11.5. The summed E-state index contributed by atoms with van der Waals surface area (Å²) in [5, 5.41) is 26.8. The van der Waals surface area contributed by atoms with Crippen molar-refractivity contribution in [3.63, 3.8) is 0 Å². The highest BCUT2D eigenvalue weighted by Gasteiger charge is 2.38. The van der Waals surface area contributed by atoms with Crippen LogP contribution in [0.2, 0.25) is 0 Å². The largest absolute Gasteiger partial charge is 0.479 e. The van der Waals surface area contributed by atoms with E-state index in [9.17, 15) is 19.6 Å². The first kappa shape index (κ1) is 23.9. The molecule has 0 aliphatic carbocycles. The van der Waals surface area contributed by atoms with Crippen LogP contribution in [0, 0.1) is 29.9 Å². The lowest BCUT2D eigenvalue weighted by Gasteiger charge is -2.32. The molecule has 1 fully saturated rings. The smallest absolute Gasteiger partial charge is 0.332 e. The van der Waals surface area contributed by atoms with Gasteiger partial charge in [-0.05, 0) is 55.2 Å². The molecule has 0 radical (unpaired) electrons. The number of nitriles is 1. The number of rotatable bonds is 5. The van der Waals surface area contributed by atoms with Gasteiger partial charge < -0.3 is 14.4 Å². The Morgan fingerprint density at radius 1 is 1.33 bits per heavy atom. The van der Waals surface area contributed by atoms with E-state index < -0.39 is 23.3 Å². The van der Waals surface area contributed by atoms with Crippen LogP contribution in [0.1, 0.15) is 55.8 Å². The van der Waals surface area contributed by atoms with E-state index in [-0.39, 0.29) is 36.7 Å². The molecule has 4 aromatic rings. The molecule has 2 N–H and O–H groups in total. The minimum atomic E-state index is -1.02. The van der Waals surface area contributed by atoms with Gasteiger partial charge in [0.2, 0.25) is 0 Å². The Kier molecular flexibility index (Phi) is 5.80. The van der Waals surface area contributed by atoms with Crippen molar-refractivity contribution in [2.75, 3.05) is 6.61 Å². The van der Waals surface area contributed by atoms with Crippen molar-refractivity contribution < 1.29 is 23.4 Å². The normalized spacial score (nSPS) is 18.6. The predicted molar refractivity (Wildman–Crippen MR) is 130 cm³/mol. The van der Waals surface area contributed by atoms with E-state index in [0.29, 0.717) is 39.5 Å². The van der Waals surface area contributed by atoms with Gasteiger partial charge in [-0.15, -0.1) is 0 Å². The Morgan fingerprint density at radius 3 is 2.75 bits per heavy atom. The fourth-order valence-corrected chi connectivity index (χ4v) is 5.39. The molecule has 0 unspecified atom stereocenters. The number of hydrogen-bond donors (Lipinski definition) is 2. The third-order valence-corrected chi connectivity index (χ3v) is 7.17. The molecule has 1 saturated heterocycles. The molecule has 2 atom stereocenters. The summed E-state index contributed by atoms with van der Waals surface area (Å²) in [7, 11) is 0. The molecule has 1 aliphatic rings. The van der Waals surface area contributed by atoms with Crippen molar-refractivity contribution in [2.45, 2.75) is 57.5 Å². The molecule has 3 heterocycles. The summed E-state index contributed by atoms with van der Waals surface area (Å²) in [6.07, 6.45) is 1.56. The Bertz CT molecular complexity index is 1540. The van der Waals surface area contributed by atoms with E-state index in [1.54, 1.807) is 25.3 Å². The van der Waals surface area contributed by atoms with E-state index in [2.05, 4.69) is 16.3 Å². The van der Waals surface area contributed by atoms with Gasteiger partial charge in [0, 0.05) is 39.9 Å². The predicted octanol–water partition coefficient (Wildman–Crippen LogP) is 5.63. The number of aryl methyl sites for hydroxylation is 1. The molecule has 2 aromatic carbocycles. The van der Waals surface area contributed by atoms with E-state index in [4.69, 9.17) is 4.74 Å². The second-order valence-corrected chi connectivity index (χ2v) is 10.1. The van der Waals surface area contributed by atoms with Crippen molar-refractivity contribution >= 4 is 27.8 Å². The fraction of sp³-hybridized carbons (Fsp3) is 0.370. The van der Waals surface area contributed by atoms with E-state index in [0.717, 1.165) is 5.69 Å². The number of nitrogens with one attached hydrogen (secondary N) is 1. The number of hydrogen-bond acceptors (Lipinski definition) is 4. The Balaban J connectivity index is 1.88. The van der Waals surface area contributed by atoms with Gasteiger partial charge >= 0.3 is 5.97 Å². The average molecular weight is 493 g/mol. The summed E-state index contributed by atoms with van der Waals surface area (Å²) < 4.78 is 38.0. The van der Waals surface area contributed by atoms with Gasteiger partial charge in [0.25, 0.3) is 0 Å². The third kappa shape index (κ3) is 3.73. The number of halogens is 2. The number of benzene rings is 2. The lowest BCUT2D eigenvalue weighted by atomic mass is 9.78. The van der Waals surface area contributed by atoms with Gasteiger partial charge in [-0.25, -0.2) is 13.6 Å². The van der Waals surface area contributed by atoms with Gasteiger partial charge in [0.05, 0.1) is 24.4 Å². The Labute approximate surface area is 206 Å². The second kappa shape index (κ2) is 8.71. The van der Waals surface area contributed by atoms with Crippen LogP contribution in [0.15, 0.2) is 30.5 Å². The minimum absolute atomic E-state index is 0.106. The Morgan fingerprint density at radius 2 is 2.11 bits per heavy atom. The summed E-state index contributed by atoms with van der Waals surface area (Å²) in [5.41, 5.74) is 2.62. The number of nitrogens with zero attached hydrogens (tertiary/aromatic N) is 3. The number of carboxylic acids is 1. The molecule has 7 nitrogen and oxygen atoms in total. The first-order valence-corrected chi connectivity index (χ1v) is 11.8. The number of aromatic amines is 1. The van der Waals surface area contributed by atoms with Crippen molar-refractivity contribution in [2.24, 2.45) is 0 Å². The number of carbonyl (C=O) groups is 1. The zero-order valence-electron chi connectivity index (χ0n) is 20.2. The average Bonchev–Trinajstić information content (AvgIpc) is 3.45. The van der Waals surface area contributed by atoms with Crippen LogP contribution in [-0.2, 0) is 14.9 Å². The van der Waals surface area contributed by atoms with Crippen LogP contribution < -0.4 is 0 Å². The van der Waals surface area contributed by atoms with Gasteiger partial charge in [-0.1, -0.05) is 13.8 Å². The van der Waals surface area contributed by atoms with Crippen molar-refractivity contribution in [3.05, 3.63) is 58.9 Å². The van der Waals surface area contributed by atoms with E-state index >= 15 is 4.39 Å². The molecule has 0 amide bonds. The van der Waals surface area contributed by atoms with Crippen molar-refractivity contribution in [1.29, 1.82) is 5.26 Å². The van der Waals surface area contributed by atoms with E-state index in [1.807, 2.05) is 24.5 Å². The lowest BCUT2D eigenvalue weighted by Crippen LogP contribution is -2.32. The molecule has 2 aromatic heterocycles. The number of aliphatic carboxylic acids is 1. The topological polar surface area (TPSA) is 104 Å². The molecule has 186 valence electrons. The maximum Gasteiger partial charge on any atom is 0.332 e. The standard InChI is InChI=1S/C27H26F2N4O3/c1-14-10-17(5-6-18(14)28)33-19-11-16-12-31-32-24(16)23(29)22(19)21(25(33)27(2,3)8-9-30)15-4-7-20(26(34)35)36-13-15/h5-6,10-12,15,20H,4,7-8,13H2,1-3H3,(H,31,32)(H,34,35)/t15-,20+/m1/s1. The number of aromatic nitrogens is 3. The molecule has 5 rings (SSSR count). The van der Waals surface area contributed by atoms with Crippen LogP contribution >= 0.6 is 0 Å². The monoisotopic (exact) mass is 492 g/mol. The van der Waals surface area contributed by atoms with Gasteiger partial charge in [-0.3, -0.25) is 5.10 Å². The second-order valence-electron chi connectivity index (χ2n) is 10.1. The molecule has 36 heavy (non-hydrogen) atoms. The van der Waals surface area contributed by atoms with Crippen LogP contribution in [0.5, 0.6) is 0 Å². The van der Waals surface area contributed by atoms with Crippen LogP contribution in [0.3, 0.4) is 0 Å². The van der Waals surface area contributed by atoms with Gasteiger partial charge in [0.15, 0.2) is 11.9 Å². The third-order valence-electron chi connectivity index (χ3n) is 7.17. The fourth-order valence-electron chi connectivity index (χ4n) is 5.39. The number of carboxylic acid groups (broad SMARTS) is 1. The summed E-state index contributed by atoms with van der Waals surface area (Å²) in [6.45, 7) is 5.63. The zero-order valence-corrected chi connectivity index (χ0v) is 20.2. The highest BCUT2D eigenvalue weighted by Crippen LogP contribution is 2.46. The molecule has 0 saturated carbocycles. The van der Waals surface area contributed by atoms with Crippen molar-refractivity contribution in [3.8, 4) is 11.8 Å². The molecule has 1 aliphatic heterocycles.